The van der Waals surface area contributed by atoms with Crippen molar-refractivity contribution in [2.45, 2.75) is 4.90 Å². The van der Waals surface area contributed by atoms with Crippen LogP contribution >= 0.6 is 11.8 Å². The Morgan fingerprint density at radius 3 is 2.67 bits per heavy atom. The van der Waals surface area contributed by atoms with E-state index in [2.05, 4.69) is 5.32 Å². The average Bonchev–Trinajstić information content (AvgIpc) is 2.16. The first-order valence-electron chi connectivity index (χ1n) is 3.64. The second-order valence-electron chi connectivity index (χ2n) is 2.28. The zero-order valence-electron chi connectivity index (χ0n) is 7.13. The van der Waals surface area contributed by atoms with Crippen LogP contribution in [0.25, 0.3) is 0 Å². The van der Waals surface area contributed by atoms with Crippen LogP contribution in [0.5, 0.6) is 0 Å². The van der Waals surface area contributed by atoms with Gasteiger partial charge in [-0.15, -0.1) is 11.8 Å². The van der Waals surface area contributed by atoms with Gasteiger partial charge in [0.1, 0.15) is 0 Å². The van der Waals surface area contributed by atoms with Crippen LogP contribution in [0.2, 0.25) is 0 Å². The van der Waals surface area contributed by atoms with Crippen molar-refractivity contribution in [3.63, 3.8) is 0 Å². The molecule has 0 atom stereocenters. The molecule has 0 heterocycles. The van der Waals surface area contributed by atoms with E-state index in [4.69, 9.17) is 0 Å². The van der Waals surface area contributed by atoms with Crippen LogP contribution in [-0.2, 0) is 0 Å². The third kappa shape index (κ3) is 1.80. The number of carbonyl (C=O) groups is 1. The molecule has 0 saturated carbocycles. The van der Waals surface area contributed by atoms with Crippen LogP contribution in [0.1, 0.15) is 10.4 Å². The van der Waals surface area contributed by atoms with Crippen LogP contribution in [0.15, 0.2) is 29.2 Å². The quantitative estimate of drug-likeness (QED) is 0.704. The highest BCUT2D eigenvalue weighted by Crippen LogP contribution is 2.19. The summed E-state index contributed by atoms with van der Waals surface area (Å²) >= 11 is 1.58. The van der Waals surface area contributed by atoms with Crippen molar-refractivity contribution in [3.05, 3.63) is 29.8 Å². The van der Waals surface area contributed by atoms with Gasteiger partial charge in [-0.2, -0.15) is 0 Å². The van der Waals surface area contributed by atoms with E-state index in [9.17, 15) is 4.79 Å². The molecule has 1 N–H and O–H groups in total. The second kappa shape index (κ2) is 4.16. The van der Waals surface area contributed by atoms with Gasteiger partial charge in [-0.3, -0.25) is 4.79 Å². The summed E-state index contributed by atoms with van der Waals surface area (Å²) in [6, 6.07) is 7.56. The highest BCUT2D eigenvalue weighted by Gasteiger charge is 2.06. The summed E-state index contributed by atoms with van der Waals surface area (Å²) in [6.45, 7) is 0. The maximum atomic E-state index is 11.3. The number of carbonyl (C=O) groups excluding carboxylic acids is 1. The molecule has 0 aromatic heterocycles. The number of thioether (sulfide) groups is 1. The lowest BCUT2D eigenvalue weighted by Crippen LogP contribution is -2.18. The van der Waals surface area contributed by atoms with Crippen LogP contribution < -0.4 is 5.32 Å². The molecule has 1 aromatic rings. The van der Waals surface area contributed by atoms with E-state index in [0.29, 0.717) is 0 Å². The van der Waals surface area contributed by atoms with Crippen molar-refractivity contribution in [1.29, 1.82) is 0 Å². The normalized spacial score (nSPS) is 9.50. The minimum absolute atomic E-state index is 0.0278. The van der Waals surface area contributed by atoms with Crippen LogP contribution in [-0.4, -0.2) is 19.2 Å². The van der Waals surface area contributed by atoms with Gasteiger partial charge in [0, 0.05) is 11.9 Å². The first kappa shape index (κ1) is 9.13. The van der Waals surface area contributed by atoms with E-state index in [1.54, 1.807) is 18.8 Å². The van der Waals surface area contributed by atoms with Crippen molar-refractivity contribution in [2.75, 3.05) is 13.3 Å². The van der Waals surface area contributed by atoms with E-state index >= 15 is 0 Å². The average molecular weight is 181 g/mol. The molecule has 0 aliphatic carbocycles. The lowest BCUT2D eigenvalue weighted by molar-refractivity contribution is 0.0960. The lowest BCUT2D eigenvalue weighted by atomic mass is 10.2. The molecular formula is C9H11NOS. The van der Waals surface area contributed by atoms with E-state index < -0.39 is 0 Å². The molecule has 3 heteroatoms. The molecular weight excluding hydrogens is 170 g/mol. The van der Waals surface area contributed by atoms with E-state index in [1.165, 1.54) is 0 Å². The summed E-state index contributed by atoms with van der Waals surface area (Å²) < 4.78 is 0. The molecule has 1 rings (SSSR count). The minimum Gasteiger partial charge on any atom is -0.355 e. The molecule has 0 aliphatic rings. The zero-order valence-corrected chi connectivity index (χ0v) is 7.94. The van der Waals surface area contributed by atoms with Crippen molar-refractivity contribution in [1.82, 2.24) is 5.32 Å². The number of amides is 1. The second-order valence-corrected chi connectivity index (χ2v) is 3.13. The fourth-order valence-electron chi connectivity index (χ4n) is 0.967. The van der Waals surface area contributed by atoms with Crippen molar-refractivity contribution in [2.24, 2.45) is 0 Å². The SMILES string of the molecule is CNC(=O)c1ccccc1SC. The highest BCUT2D eigenvalue weighted by atomic mass is 32.2. The van der Waals surface area contributed by atoms with Crippen LogP contribution in [0.4, 0.5) is 0 Å². The number of rotatable bonds is 2. The molecule has 0 spiro atoms. The summed E-state index contributed by atoms with van der Waals surface area (Å²) in [7, 11) is 1.64. The standard InChI is InChI=1S/C9H11NOS/c1-10-9(11)7-5-3-4-6-8(7)12-2/h3-6H,1-2H3,(H,10,11). The summed E-state index contributed by atoms with van der Waals surface area (Å²) in [5.74, 6) is -0.0278. The molecule has 12 heavy (non-hydrogen) atoms. The Kier molecular flexibility index (Phi) is 3.17. The Morgan fingerprint density at radius 2 is 2.08 bits per heavy atom. The van der Waals surface area contributed by atoms with E-state index in [-0.39, 0.29) is 5.91 Å². The summed E-state index contributed by atoms with van der Waals surface area (Å²) in [4.78, 5) is 12.3. The third-order valence-corrected chi connectivity index (χ3v) is 2.37. The number of nitrogens with one attached hydrogen (secondary N) is 1. The van der Waals surface area contributed by atoms with Crippen molar-refractivity contribution in [3.8, 4) is 0 Å². The van der Waals surface area contributed by atoms with Gasteiger partial charge in [0.05, 0.1) is 5.56 Å². The molecule has 0 aliphatic heterocycles. The van der Waals surface area contributed by atoms with E-state index in [1.807, 2.05) is 30.5 Å². The van der Waals surface area contributed by atoms with Crippen LogP contribution in [0, 0.1) is 0 Å². The monoisotopic (exact) mass is 181 g/mol. The maximum absolute atomic E-state index is 11.3. The Morgan fingerprint density at radius 1 is 1.42 bits per heavy atom. The summed E-state index contributed by atoms with van der Waals surface area (Å²) in [5, 5.41) is 2.60. The molecule has 0 fully saturated rings. The topological polar surface area (TPSA) is 29.1 Å². The maximum Gasteiger partial charge on any atom is 0.252 e. The third-order valence-electron chi connectivity index (χ3n) is 1.58. The molecule has 0 bridgehead atoms. The van der Waals surface area contributed by atoms with Gasteiger partial charge in [0.15, 0.2) is 0 Å². The highest BCUT2D eigenvalue weighted by molar-refractivity contribution is 7.98. The fourth-order valence-corrected chi connectivity index (χ4v) is 1.56. The van der Waals surface area contributed by atoms with E-state index in [0.717, 1.165) is 10.5 Å². The molecule has 1 aromatic carbocycles. The molecule has 0 radical (unpaired) electrons. The molecule has 64 valence electrons. The van der Waals surface area contributed by atoms with Gasteiger partial charge in [-0.1, -0.05) is 12.1 Å². The largest absolute Gasteiger partial charge is 0.355 e. The lowest BCUT2D eigenvalue weighted by Gasteiger charge is -2.04. The van der Waals surface area contributed by atoms with Gasteiger partial charge < -0.3 is 5.32 Å². The Hall–Kier alpha value is -0.960. The Bertz CT molecular complexity index is 286. The molecule has 0 unspecified atom stereocenters. The minimum atomic E-state index is -0.0278. The number of benzene rings is 1. The fraction of sp³-hybridized carbons (Fsp3) is 0.222. The summed E-state index contributed by atoms with van der Waals surface area (Å²) in [5.41, 5.74) is 0.743. The zero-order chi connectivity index (χ0) is 8.97. The summed E-state index contributed by atoms with van der Waals surface area (Å²) in [6.07, 6.45) is 1.96. The molecule has 1 amide bonds. The van der Waals surface area contributed by atoms with Gasteiger partial charge in [0.25, 0.3) is 5.91 Å². The predicted octanol–water partition coefficient (Wildman–Crippen LogP) is 1.77. The number of hydrogen-bond donors (Lipinski definition) is 1. The van der Waals surface area contributed by atoms with Crippen LogP contribution in [0.3, 0.4) is 0 Å². The smallest absolute Gasteiger partial charge is 0.252 e. The van der Waals surface area contributed by atoms with Gasteiger partial charge in [-0.05, 0) is 18.4 Å². The van der Waals surface area contributed by atoms with Gasteiger partial charge >= 0.3 is 0 Å². The Balaban J connectivity index is 3.04. The van der Waals surface area contributed by atoms with Crippen molar-refractivity contribution >= 4 is 17.7 Å². The van der Waals surface area contributed by atoms with Crippen molar-refractivity contribution < 1.29 is 4.79 Å². The first-order chi connectivity index (χ1) is 5.79. The Labute approximate surface area is 76.4 Å². The predicted molar refractivity (Wildman–Crippen MR) is 51.6 cm³/mol. The first-order valence-corrected chi connectivity index (χ1v) is 4.87. The molecule has 2 nitrogen and oxygen atoms in total. The van der Waals surface area contributed by atoms with Gasteiger partial charge in [-0.25, -0.2) is 0 Å². The molecule has 0 saturated heterocycles. The number of hydrogen-bond acceptors (Lipinski definition) is 2. The van der Waals surface area contributed by atoms with Gasteiger partial charge in [0.2, 0.25) is 0 Å².